The molecule has 0 bridgehead atoms. The number of aromatic nitrogens is 3. The van der Waals surface area contributed by atoms with Gasteiger partial charge in [0.2, 0.25) is 0 Å². The van der Waals surface area contributed by atoms with Crippen molar-refractivity contribution < 1.29 is 22.7 Å². The van der Waals surface area contributed by atoms with Gasteiger partial charge in [0.15, 0.2) is 11.5 Å². The zero-order valence-corrected chi connectivity index (χ0v) is 19.8. The molecule has 190 valence electrons. The van der Waals surface area contributed by atoms with Gasteiger partial charge >= 0.3 is 6.18 Å². The highest BCUT2D eigenvalue weighted by Gasteiger charge is 2.28. The minimum atomic E-state index is -4.48. The van der Waals surface area contributed by atoms with Crippen LogP contribution in [0.2, 0.25) is 0 Å². The van der Waals surface area contributed by atoms with Crippen molar-refractivity contribution in [2.75, 3.05) is 44.2 Å². The molecule has 8 nitrogen and oxygen atoms in total. The number of carbonyl (C=O) groups is 1. The first-order valence-corrected chi connectivity index (χ1v) is 11.6. The van der Waals surface area contributed by atoms with Gasteiger partial charge in [0.25, 0.3) is 5.91 Å². The predicted octanol–water partition coefficient (Wildman–Crippen LogP) is 3.55. The number of halogens is 3. The molecule has 1 aliphatic heterocycles. The summed E-state index contributed by atoms with van der Waals surface area (Å²) in [5.74, 6) is 0.418. The standard InChI is InChI=1S/C25H27F3N6O2/c1-2-36-20-13-19(14-29-15-20)21-6-4-3-5-18(21)16-33-9-11-34(12-10-33)23-8-7-22(31-32-23)24(35)30-17-25(26,27)28/h3-8,13-15H,2,9-12,16-17H2,1H3,(H,30,35). The van der Waals surface area contributed by atoms with Crippen molar-refractivity contribution in [3.8, 4) is 16.9 Å². The van der Waals surface area contributed by atoms with Crippen LogP contribution in [0, 0.1) is 0 Å². The van der Waals surface area contributed by atoms with E-state index in [1.165, 1.54) is 11.6 Å². The summed E-state index contributed by atoms with van der Waals surface area (Å²) >= 11 is 0. The average Bonchev–Trinajstić information content (AvgIpc) is 2.88. The second-order valence-corrected chi connectivity index (χ2v) is 8.34. The normalized spacial score (nSPS) is 14.5. The lowest BCUT2D eigenvalue weighted by molar-refractivity contribution is -0.123. The van der Waals surface area contributed by atoms with Gasteiger partial charge in [-0.15, -0.1) is 10.2 Å². The molecule has 11 heteroatoms. The first-order valence-electron chi connectivity index (χ1n) is 11.6. The summed E-state index contributed by atoms with van der Waals surface area (Å²) in [6.07, 6.45) is -0.933. The van der Waals surface area contributed by atoms with Crippen molar-refractivity contribution in [1.82, 2.24) is 25.4 Å². The van der Waals surface area contributed by atoms with Crippen molar-refractivity contribution in [2.45, 2.75) is 19.6 Å². The molecule has 0 radical (unpaired) electrons. The first-order chi connectivity index (χ1) is 17.3. The summed E-state index contributed by atoms with van der Waals surface area (Å²) in [7, 11) is 0. The molecule has 1 amide bonds. The number of nitrogens with zero attached hydrogens (tertiary/aromatic N) is 5. The zero-order valence-electron chi connectivity index (χ0n) is 19.8. The van der Waals surface area contributed by atoms with Crippen molar-refractivity contribution in [1.29, 1.82) is 0 Å². The molecule has 1 aliphatic rings. The van der Waals surface area contributed by atoms with Crippen LogP contribution in [0.4, 0.5) is 19.0 Å². The number of ether oxygens (including phenoxy) is 1. The number of anilines is 1. The number of rotatable bonds is 8. The van der Waals surface area contributed by atoms with E-state index in [1.807, 2.05) is 36.2 Å². The molecule has 1 fully saturated rings. The summed E-state index contributed by atoms with van der Waals surface area (Å²) in [6.45, 7) is 4.88. The Morgan fingerprint density at radius 3 is 2.53 bits per heavy atom. The Morgan fingerprint density at radius 1 is 1.06 bits per heavy atom. The lowest BCUT2D eigenvalue weighted by Crippen LogP contribution is -2.46. The Labute approximate surface area is 207 Å². The van der Waals surface area contributed by atoms with Crippen LogP contribution in [0.1, 0.15) is 23.0 Å². The van der Waals surface area contributed by atoms with Crippen molar-refractivity contribution in [3.05, 3.63) is 66.1 Å². The Hall–Kier alpha value is -3.73. The summed E-state index contributed by atoms with van der Waals surface area (Å²) in [5.41, 5.74) is 3.15. The molecule has 4 rings (SSSR count). The van der Waals surface area contributed by atoms with E-state index in [4.69, 9.17) is 4.74 Å². The van der Waals surface area contributed by atoms with Crippen LogP contribution in [0.5, 0.6) is 5.75 Å². The number of carbonyl (C=O) groups excluding carboxylic acids is 1. The number of benzene rings is 1. The van der Waals surface area contributed by atoms with Crippen LogP contribution in [0.15, 0.2) is 54.9 Å². The minimum absolute atomic E-state index is 0.152. The molecule has 0 atom stereocenters. The molecule has 2 aromatic heterocycles. The van der Waals surface area contributed by atoms with E-state index in [0.717, 1.165) is 36.5 Å². The smallest absolute Gasteiger partial charge is 0.405 e. The third-order valence-corrected chi connectivity index (χ3v) is 5.78. The van der Waals surface area contributed by atoms with E-state index in [1.54, 1.807) is 17.6 Å². The van der Waals surface area contributed by atoms with Gasteiger partial charge in [-0.05, 0) is 36.2 Å². The fourth-order valence-electron chi connectivity index (χ4n) is 4.01. The Kier molecular flexibility index (Phi) is 7.99. The fraction of sp³-hybridized carbons (Fsp3) is 0.360. The summed E-state index contributed by atoms with van der Waals surface area (Å²) in [6, 6.07) is 13.2. The number of amides is 1. The van der Waals surface area contributed by atoms with Gasteiger partial charge < -0.3 is 15.0 Å². The van der Waals surface area contributed by atoms with E-state index >= 15 is 0 Å². The van der Waals surface area contributed by atoms with Gasteiger partial charge in [-0.1, -0.05) is 24.3 Å². The monoisotopic (exact) mass is 500 g/mol. The zero-order chi connectivity index (χ0) is 25.5. The summed E-state index contributed by atoms with van der Waals surface area (Å²) in [4.78, 5) is 20.5. The van der Waals surface area contributed by atoms with Gasteiger partial charge in [0.05, 0.1) is 12.8 Å². The number of nitrogens with one attached hydrogen (secondary N) is 1. The maximum absolute atomic E-state index is 12.3. The lowest BCUT2D eigenvalue weighted by Gasteiger charge is -2.35. The second kappa shape index (κ2) is 11.3. The van der Waals surface area contributed by atoms with Gasteiger partial charge in [0.1, 0.15) is 12.3 Å². The van der Waals surface area contributed by atoms with E-state index in [0.29, 0.717) is 25.5 Å². The molecular formula is C25H27F3N6O2. The highest BCUT2D eigenvalue weighted by Crippen LogP contribution is 2.27. The largest absolute Gasteiger partial charge is 0.492 e. The Balaban J connectivity index is 1.35. The van der Waals surface area contributed by atoms with Crippen molar-refractivity contribution in [3.63, 3.8) is 0 Å². The van der Waals surface area contributed by atoms with Gasteiger partial charge in [-0.2, -0.15) is 13.2 Å². The quantitative estimate of drug-likeness (QED) is 0.507. The van der Waals surface area contributed by atoms with E-state index in [9.17, 15) is 18.0 Å². The third kappa shape index (κ3) is 6.69. The number of pyridine rings is 1. The Bertz CT molecular complexity index is 1160. The molecule has 3 heterocycles. The molecule has 3 aromatic rings. The van der Waals surface area contributed by atoms with Crippen LogP contribution in [0.3, 0.4) is 0 Å². The van der Waals surface area contributed by atoms with Crippen LogP contribution in [0.25, 0.3) is 11.1 Å². The number of hydrogen-bond donors (Lipinski definition) is 1. The highest BCUT2D eigenvalue weighted by atomic mass is 19.4. The number of alkyl halides is 3. The lowest BCUT2D eigenvalue weighted by atomic mass is 10.0. The molecular weight excluding hydrogens is 473 g/mol. The van der Waals surface area contributed by atoms with Crippen LogP contribution in [-0.4, -0.2) is 71.5 Å². The van der Waals surface area contributed by atoms with Gasteiger partial charge in [-0.3, -0.25) is 14.7 Å². The molecule has 1 N–H and O–H groups in total. The first kappa shape index (κ1) is 25.4. The third-order valence-electron chi connectivity index (χ3n) is 5.78. The molecule has 36 heavy (non-hydrogen) atoms. The van der Waals surface area contributed by atoms with Gasteiger partial charge in [-0.25, -0.2) is 0 Å². The molecule has 1 saturated heterocycles. The Morgan fingerprint density at radius 2 is 1.83 bits per heavy atom. The van der Waals surface area contributed by atoms with E-state index in [-0.39, 0.29) is 5.69 Å². The average molecular weight is 501 g/mol. The van der Waals surface area contributed by atoms with Crippen molar-refractivity contribution >= 4 is 11.7 Å². The maximum atomic E-state index is 12.3. The van der Waals surface area contributed by atoms with Crippen molar-refractivity contribution in [2.24, 2.45) is 0 Å². The number of hydrogen-bond acceptors (Lipinski definition) is 7. The fourth-order valence-corrected chi connectivity index (χ4v) is 4.01. The molecule has 0 spiro atoms. The maximum Gasteiger partial charge on any atom is 0.405 e. The van der Waals surface area contributed by atoms with Crippen LogP contribution < -0.4 is 15.0 Å². The molecule has 0 saturated carbocycles. The molecule has 0 unspecified atom stereocenters. The predicted molar refractivity (Wildman–Crippen MR) is 129 cm³/mol. The van der Waals surface area contributed by atoms with E-state index < -0.39 is 18.6 Å². The minimum Gasteiger partial charge on any atom is -0.492 e. The van der Waals surface area contributed by atoms with Gasteiger partial charge in [0, 0.05) is 44.5 Å². The van der Waals surface area contributed by atoms with Crippen LogP contribution in [-0.2, 0) is 6.54 Å². The molecule has 0 aliphatic carbocycles. The SMILES string of the molecule is CCOc1cncc(-c2ccccc2CN2CCN(c3ccc(C(=O)NCC(F)(F)F)nn3)CC2)c1. The molecule has 1 aromatic carbocycles. The summed E-state index contributed by atoms with van der Waals surface area (Å²) < 4.78 is 42.5. The second-order valence-electron chi connectivity index (χ2n) is 8.34. The summed E-state index contributed by atoms with van der Waals surface area (Å²) in [5, 5.41) is 9.65. The number of piperazine rings is 1. The van der Waals surface area contributed by atoms with Crippen LogP contribution >= 0.6 is 0 Å². The topological polar surface area (TPSA) is 83.5 Å². The highest BCUT2D eigenvalue weighted by molar-refractivity contribution is 5.92. The van der Waals surface area contributed by atoms with E-state index in [2.05, 4.69) is 32.2 Å².